The van der Waals surface area contributed by atoms with Crippen LogP contribution in [-0.2, 0) is 32.1 Å². The van der Waals surface area contributed by atoms with Gasteiger partial charge in [-0.2, -0.15) is 25.5 Å². The zero-order chi connectivity index (χ0) is 71.2. The van der Waals surface area contributed by atoms with Crippen LogP contribution in [0.3, 0.4) is 0 Å². The van der Waals surface area contributed by atoms with E-state index in [9.17, 15) is 10.1 Å². The van der Waals surface area contributed by atoms with Crippen molar-refractivity contribution in [2.24, 2.45) is 118 Å². The van der Waals surface area contributed by atoms with Gasteiger partial charge in [0.15, 0.2) is 29.1 Å². The minimum absolute atomic E-state index is 0. The molecule has 0 radical (unpaired) electrons. The van der Waals surface area contributed by atoms with Gasteiger partial charge >= 0.3 is 0 Å². The number of methoxy groups -OCH3 is 1. The molecule has 5 heterocycles. The second-order valence-electron chi connectivity index (χ2n) is 32.8. The van der Waals surface area contributed by atoms with Crippen molar-refractivity contribution < 1.29 is 16.8 Å². The van der Waals surface area contributed by atoms with Crippen LogP contribution in [0.4, 0.5) is 5.69 Å². The predicted molar refractivity (Wildman–Crippen MR) is 405 cm³/mol. The molecule has 0 bridgehead atoms. The minimum Gasteiger partial charge on any atom is -0.497 e. The summed E-state index contributed by atoms with van der Waals surface area (Å²) in [5, 5.41) is 47.8. The van der Waals surface area contributed by atoms with Crippen LogP contribution in [-0.4, -0.2) is 87.9 Å². The zero-order valence-electron chi connectivity index (χ0n) is 63.3. The average molecular weight is 1380 g/mol. The number of ether oxygens (including phenoxy) is 1. The summed E-state index contributed by atoms with van der Waals surface area (Å²) in [6, 6.07) is 12.5. The van der Waals surface area contributed by atoms with E-state index < -0.39 is 4.92 Å². The van der Waals surface area contributed by atoms with E-state index in [4.69, 9.17) is 21.3 Å². The molecule has 5 fully saturated rings. The highest BCUT2D eigenvalue weighted by atomic mass is 35.5. The predicted octanol–water partition coefficient (Wildman–Crippen LogP) is 20.2. The van der Waals surface area contributed by atoms with Crippen LogP contribution in [0.15, 0.2) is 42.5 Å². The number of aryl methyl sites for hydroxylation is 2. The number of rotatable bonds is 15. The van der Waals surface area contributed by atoms with Gasteiger partial charge in [0, 0.05) is 62.3 Å². The van der Waals surface area contributed by atoms with E-state index in [1.54, 1.807) is 13.2 Å². The minimum atomic E-state index is -0.494. The van der Waals surface area contributed by atoms with E-state index in [1.165, 1.54) is 76.3 Å². The number of H-pyrrole nitrogens is 5. The molecule has 0 aliphatic heterocycles. The second kappa shape index (κ2) is 35.8. The Hall–Kier alpha value is -6.37. The maximum absolute atomic E-state index is 11.0. The first-order chi connectivity index (χ1) is 46.5. The SMILES string of the molecule is CC1CC(C)C(Cc2nc(-c3ccc(Cl)c([N+](=O)[O-])c3)n[nH]2)C(C)C1.CC1CC(C)C(Cc2nc(C(C)C)n[nH]2)C(C)C1.COc1ccc(-c2n[nH]c(CC3C(C)CC(C)CC3C)n2)cc1.Cc1nc(CC2C(C)CC(C)CC2C)n[nH]1.Cc1nc(CC2C(C)CC(C)CC2C)n[nH]1.[HH].[HH].[HH].[HH].[HH]. The third kappa shape index (κ3) is 21.8. The topological polar surface area (TPSA) is 260 Å². The highest BCUT2D eigenvalue weighted by Crippen LogP contribution is 2.44. The van der Waals surface area contributed by atoms with Crippen molar-refractivity contribution in [3.8, 4) is 28.5 Å². The molecule has 5 saturated carbocycles. The number of nitrogens with zero attached hydrogens (tertiary/aromatic N) is 11. The van der Waals surface area contributed by atoms with Crippen molar-refractivity contribution in [1.29, 1.82) is 0 Å². The average Bonchev–Trinajstić information content (AvgIpc) is 1.74. The number of nitrogens with one attached hydrogen (secondary N) is 5. The quantitative estimate of drug-likeness (QED) is 0.0473. The van der Waals surface area contributed by atoms with Gasteiger partial charge in [-0.1, -0.05) is 129 Å². The van der Waals surface area contributed by atoms with Gasteiger partial charge in [-0.25, -0.2) is 24.9 Å². The van der Waals surface area contributed by atoms with E-state index in [1.807, 2.05) is 38.1 Å². The summed E-state index contributed by atoms with van der Waals surface area (Å²) in [6.07, 6.45) is 18.3. The Morgan fingerprint density at radius 3 is 1.07 bits per heavy atom. The number of nitro groups is 1. The summed E-state index contributed by atoms with van der Waals surface area (Å²) < 4.78 is 5.19. The van der Waals surface area contributed by atoms with Gasteiger partial charge in [0.1, 0.15) is 39.9 Å². The Balaban J connectivity index is 0.000000334. The van der Waals surface area contributed by atoms with Gasteiger partial charge in [-0.3, -0.25) is 35.6 Å². The molecule has 10 atom stereocenters. The van der Waals surface area contributed by atoms with Crippen molar-refractivity contribution in [2.75, 3.05) is 7.11 Å². The number of benzene rings is 2. The van der Waals surface area contributed by atoms with E-state index in [0.717, 1.165) is 191 Å². The summed E-state index contributed by atoms with van der Waals surface area (Å²) in [7, 11) is 1.67. The lowest BCUT2D eigenvalue weighted by Gasteiger charge is -2.37. The first-order valence-corrected chi connectivity index (χ1v) is 38.0. The monoisotopic (exact) mass is 1380 g/mol. The molecule has 5 N–H and O–H groups in total. The van der Waals surface area contributed by atoms with Crippen LogP contribution in [0.5, 0.6) is 5.75 Å². The Kier molecular flexibility index (Phi) is 28.3. The first-order valence-electron chi connectivity index (χ1n) is 37.6. The lowest BCUT2D eigenvalue weighted by Crippen LogP contribution is -2.30. The number of halogens is 1. The van der Waals surface area contributed by atoms with Gasteiger partial charge in [-0.05, 0) is 233 Å². The highest BCUT2D eigenvalue weighted by molar-refractivity contribution is 6.32. The van der Waals surface area contributed by atoms with Crippen molar-refractivity contribution in [2.45, 2.75) is 234 Å². The summed E-state index contributed by atoms with van der Waals surface area (Å²) in [6.45, 7) is 43.8. The fourth-order valence-corrected chi connectivity index (χ4v) is 18.9. The molecular weight excluding hydrogens is 1240 g/mol. The van der Waals surface area contributed by atoms with Gasteiger partial charge in [0.25, 0.3) is 5.69 Å². The van der Waals surface area contributed by atoms with Crippen LogP contribution >= 0.6 is 11.6 Å². The van der Waals surface area contributed by atoms with Gasteiger partial charge in [0.05, 0.1) is 12.0 Å². The highest BCUT2D eigenvalue weighted by Gasteiger charge is 2.37. The molecule has 12 rings (SSSR count). The second-order valence-corrected chi connectivity index (χ2v) is 33.2. The van der Waals surface area contributed by atoms with Crippen LogP contribution in [0.25, 0.3) is 22.8 Å². The zero-order valence-corrected chi connectivity index (χ0v) is 64.1. The molecule has 20 heteroatoms. The molecule has 5 aliphatic rings. The molecule has 0 amide bonds. The third-order valence-corrected chi connectivity index (χ3v) is 23.7. The van der Waals surface area contributed by atoms with Crippen molar-refractivity contribution in [1.82, 2.24) is 75.9 Å². The molecule has 10 unspecified atom stereocenters. The number of nitro benzene ring substituents is 1. The van der Waals surface area contributed by atoms with Gasteiger partial charge in [0.2, 0.25) is 0 Å². The van der Waals surface area contributed by atoms with Gasteiger partial charge in [-0.15, -0.1) is 0 Å². The molecular formula is C78H133ClN16O3. The summed E-state index contributed by atoms with van der Waals surface area (Å²) >= 11 is 5.87. The Morgan fingerprint density at radius 2 is 0.765 bits per heavy atom. The van der Waals surface area contributed by atoms with Crippen LogP contribution in [0.1, 0.15) is 242 Å². The molecule has 5 aromatic heterocycles. The summed E-state index contributed by atoms with van der Waals surface area (Å²) in [5.41, 5.74) is 1.48. The molecule has 19 nitrogen and oxygen atoms in total. The fraction of sp³-hybridized carbons (Fsp3) is 0.718. The van der Waals surface area contributed by atoms with E-state index >= 15 is 0 Å². The third-order valence-electron chi connectivity index (χ3n) is 23.3. The number of hydrogen-bond acceptors (Lipinski definition) is 13. The van der Waals surface area contributed by atoms with Crippen LogP contribution in [0, 0.1) is 142 Å². The van der Waals surface area contributed by atoms with Crippen molar-refractivity contribution in [3.63, 3.8) is 0 Å². The standard InChI is InChI=1S/C19H27N3O.C18H23ClN4O2.C15H27N3.2C13H23N3.5H2/c1-12-9-13(2)17(14(3)10-12)11-18-20-19(22-21-18)15-5-7-16(23-4)8-6-15;1-10-6-11(2)14(12(3)7-10)9-17-20-18(22-21-17)13-4-5-15(19)16(8-13)23(24)25;1-9(2)15-16-14(17-18-15)8-13-11(4)6-10(3)7-12(13)5;2*1-8-5-9(2)12(10(3)6-8)7-13-14-11(4)15-16-13;;;;;/h5-8,12-14,17H,9-11H2,1-4H3,(H,20,21,22);4-5,8,10-12,14H,6-7,9H2,1-3H3,(H,20,21,22);9-13H,6-8H2,1-5H3,(H,16,17,18);2*8-10,12H,5-7H2,1-4H3,(H,14,15,16);5*1H. The maximum atomic E-state index is 11.0. The number of aromatic amines is 5. The first kappa shape index (κ1) is 77.4. The van der Waals surface area contributed by atoms with Gasteiger partial charge < -0.3 is 4.74 Å². The lowest BCUT2D eigenvalue weighted by atomic mass is 9.68. The molecule has 550 valence electrons. The van der Waals surface area contributed by atoms with E-state index in [-0.39, 0.29) is 17.8 Å². The van der Waals surface area contributed by atoms with Crippen molar-refractivity contribution >= 4 is 17.3 Å². The van der Waals surface area contributed by atoms with E-state index in [0.29, 0.717) is 41.0 Å². The largest absolute Gasteiger partial charge is 0.497 e. The molecule has 7 aromatic rings. The summed E-state index contributed by atoms with van der Waals surface area (Å²) in [5.74, 6) is 25.7. The molecule has 98 heavy (non-hydrogen) atoms. The molecule has 0 saturated heterocycles. The maximum Gasteiger partial charge on any atom is 0.288 e. The van der Waals surface area contributed by atoms with Crippen LogP contribution < -0.4 is 4.74 Å². The van der Waals surface area contributed by atoms with Crippen molar-refractivity contribution in [3.05, 3.63) is 104 Å². The Bertz CT molecular complexity index is 3420. The molecule has 5 aliphatic carbocycles. The lowest BCUT2D eigenvalue weighted by molar-refractivity contribution is -0.384. The Labute approximate surface area is 599 Å². The molecule has 2 aromatic carbocycles. The Morgan fingerprint density at radius 1 is 0.449 bits per heavy atom. The normalized spacial score (nSPS) is 30.9. The number of hydrogen-bond donors (Lipinski definition) is 5. The summed E-state index contributed by atoms with van der Waals surface area (Å²) in [4.78, 5) is 33.3. The van der Waals surface area contributed by atoms with Crippen LogP contribution in [0.2, 0.25) is 5.02 Å². The molecule has 0 spiro atoms. The van der Waals surface area contributed by atoms with E-state index in [2.05, 4.69) is 189 Å². The fourth-order valence-electron chi connectivity index (χ4n) is 18.7. The smallest absolute Gasteiger partial charge is 0.288 e. The number of aromatic nitrogens is 15.